The first kappa shape index (κ1) is 21.8. The van der Waals surface area contributed by atoms with Gasteiger partial charge in [-0.05, 0) is 35.2 Å². The smallest absolute Gasteiger partial charge is 0.409 e. The Morgan fingerprint density at radius 2 is 1.91 bits per heavy atom. The Morgan fingerprint density at radius 1 is 1.12 bits per heavy atom. The lowest BCUT2D eigenvalue weighted by atomic mass is 10.0. The van der Waals surface area contributed by atoms with Crippen molar-refractivity contribution in [3.05, 3.63) is 64.0 Å². The number of benzene rings is 2. The zero-order chi connectivity index (χ0) is 22.7. The molecule has 0 spiro atoms. The van der Waals surface area contributed by atoms with E-state index >= 15 is 0 Å². The third-order valence-corrected chi connectivity index (χ3v) is 6.59. The molecule has 166 valence electrons. The van der Waals surface area contributed by atoms with Gasteiger partial charge in [-0.15, -0.1) is 11.3 Å². The number of carbonyl (C=O) groups is 3. The topological polar surface area (TPSA) is 84.9 Å². The Labute approximate surface area is 189 Å². The quantitative estimate of drug-likeness (QED) is 0.581. The van der Waals surface area contributed by atoms with Crippen LogP contribution >= 0.6 is 11.3 Å². The van der Waals surface area contributed by atoms with E-state index in [1.54, 1.807) is 11.8 Å². The zero-order valence-corrected chi connectivity index (χ0v) is 18.8. The van der Waals surface area contributed by atoms with Gasteiger partial charge in [-0.3, -0.25) is 4.79 Å². The van der Waals surface area contributed by atoms with Crippen LogP contribution in [0, 0.1) is 0 Å². The summed E-state index contributed by atoms with van der Waals surface area (Å²) in [6.45, 7) is 2.75. The van der Waals surface area contributed by atoms with Crippen LogP contribution in [0.25, 0.3) is 10.8 Å². The molecule has 1 N–H and O–H groups in total. The predicted molar refractivity (Wildman–Crippen MR) is 123 cm³/mol. The molecule has 1 aliphatic heterocycles. The number of hydrogen-bond donors (Lipinski definition) is 1. The molecule has 0 saturated carbocycles. The minimum atomic E-state index is -0.461. The van der Waals surface area contributed by atoms with Gasteiger partial charge in [0.2, 0.25) is 5.91 Å². The van der Waals surface area contributed by atoms with Crippen LogP contribution in [0.1, 0.15) is 33.3 Å². The van der Waals surface area contributed by atoms with E-state index in [0.29, 0.717) is 30.1 Å². The van der Waals surface area contributed by atoms with E-state index in [1.807, 2.05) is 42.5 Å². The average molecular weight is 453 g/mol. The highest BCUT2D eigenvalue weighted by Gasteiger charge is 2.31. The van der Waals surface area contributed by atoms with E-state index < -0.39 is 12.1 Å². The van der Waals surface area contributed by atoms with E-state index in [9.17, 15) is 14.4 Å². The fraction of sp³-hybridized carbons (Fsp3) is 0.292. The Bertz CT molecular complexity index is 1180. The summed E-state index contributed by atoms with van der Waals surface area (Å²) in [4.78, 5) is 40.0. The van der Waals surface area contributed by atoms with Gasteiger partial charge >= 0.3 is 12.1 Å². The van der Waals surface area contributed by atoms with Crippen LogP contribution in [0.15, 0.2) is 42.5 Å². The number of methoxy groups -OCH3 is 1. The van der Waals surface area contributed by atoms with Crippen molar-refractivity contribution < 1.29 is 23.9 Å². The zero-order valence-electron chi connectivity index (χ0n) is 18.0. The van der Waals surface area contributed by atoms with Crippen LogP contribution in [0.3, 0.4) is 0 Å². The van der Waals surface area contributed by atoms with Gasteiger partial charge in [-0.1, -0.05) is 42.5 Å². The third kappa shape index (κ3) is 4.31. The van der Waals surface area contributed by atoms with Crippen LogP contribution in [0.5, 0.6) is 0 Å². The summed E-state index contributed by atoms with van der Waals surface area (Å²) in [5.41, 5.74) is 2.13. The lowest BCUT2D eigenvalue weighted by molar-refractivity contribution is -0.115. The van der Waals surface area contributed by atoms with E-state index in [-0.39, 0.29) is 18.9 Å². The molecule has 3 aromatic rings. The number of ether oxygens (including phenoxy) is 2. The normalized spacial score (nSPS) is 12.9. The Hall–Kier alpha value is -3.39. The first-order valence-corrected chi connectivity index (χ1v) is 11.2. The van der Waals surface area contributed by atoms with Gasteiger partial charge in [0.05, 0.1) is 32.2 Å². The molecule has 2 heterocycles. The highest BCUT2D eigenvalue weighted by atomic mass is 32.1. The SMILES string of the molecule is CCOC(=O)c1c(NC(=O)Cc2cccc3ccccc23)sc2c1CCN(C(=O)OC)C2. The Balaban J connectivity index is 1.61. The summed E-state index contributed by atoms with van der Waals surface area (Å²) in [6.07, 6.45) is 0.262. The molecule has 0 bridgehead atoms. The standard InChI is InChI=1S/C24H24N2O5S/c1-3-31-23(28)21-18-11-12-26(24(29)30-2)14-19(18)32-22(21)25-20(27)13-16-9-6-8-15-7-4-5-10-17(15)16/h4-10H,3,11-14H2,1-2H3,(H,25,27). The molecule has 7 nitrogen and oxygen atoms in total. The van der Waals surface area contributed by atoms with Gasteiger partial charge in [-0.2, -0.15) is 0 Å². The number of carbonyl (C=O) groups excluding carboxylic acids is 3. The summed E-state index contributed by atoms with van der Waals surface area (Å²) in [7, 11) is 1.34. The molecular weight excluding hydrogens is 428 g/mol. The lowest BCUT2D eigenvalue weighted by Crippen LogP contribution is -2.35. The summed E-state index contributed by atoms with van der Waals surface area (Å²) in [5, 5.41) is 5.48. The molecule has 8 heteroatoms. The maximum absolute atomic E-state index is 12.9. The third-order valence-electron chi connectivity index (χ3n) is 5.45. The molecule has 32 heavy (non-hydrogen) atoms. The second-order valence-electron chi connectivity index (χ2n) is 7.43. The van der Waals surface area contributed by atoms with Gasteiger partial charge in [0.25, 0.3) is 0 Å². The number of esters is 1. The maximum Gasteiger partial charge on any atom is 0.409 e. The summed E-state index contributed by atoms with van der Waals surface area (Å²) >= 11 is 1.31. The molecular formula is C24H24N2O5S. The van der Waals surface area contributed by atoms with Crippen molar-refractivity contribution in [3.63, 3.8) is 0 Å². The van der Waals surface area contributed by atoms with E-state index in [4.69, 9.17) is 9.47 Å². The van der Waals surface area contributed by atoms with E-state index in [1.165, 1.54) is 18.4 Å². The minimum Gasteiger partial charge on any atom is -0.462 e. The number of nitrogens with one attached hydrogen (secondary N) is 1. The van der Waals surface area contributed by atoms with Crippen molar-refractivity contribution in [1.29, 1.82) is 0 Å². The maximum atomic E-state index is 12.9. The highest BCUT2D eigenvalue weighted by molar-refractivity contribution is 7.17. The molecule has 0 fully saturated rings. The van der Waals surface area contributed by atoms with Crippen LogP contribution in [-0.2, 0) is 33.7 Å². The largest absolute Gasteiger partial charge is 0.462 e. The molecule has 0 radical (unpaired) electrons. The van der Waals surface area contributed by atoms with Crippen LogP contribution in [0.4, 0.5) is 9.80 Å². The van der Waals surface area contributed by atoms with Crippen molar-refractivity contribution in [1.82, 2.24) is 4.90 Å². The molecule has 0 atom stereocenters. The second kappa shape index (κ2) is 9.40. The monoisotopic (exact) mass is 452 g/mol. The molecule has 0 unspecified atom stereocenters. The van der Waals surface area contributed by atoms with Gasteiger partial charge < -0.3 is 19.7 Å². The summed E-state index contributed by atoms with van der Waals surface area (Å²) in [6, 6.07) is 13.8. The number of hydrogen-bond acceptors (Lipinski definition) is 6. The average Bonchev–Trinajstić information content (AvgIpc) is 3.15. The first-order valence-electron chi connectivity index (χ1n) is 10.4. The van der Waals surface area contributed by atoms with Gasteiger partial charge in [0, 0.05) is 11.4 Å². The summed E-state index contributed by atoms with van der Waals surface area (Å²) in [5.74, 6) is -0.674. The number of amides is 2. The number of anilines is 1. The fourth-order valence-electron chi connectivity index (χ4n) is 3.99. The Kier molecular flexibility index (Phi) is 6.41. The molecule has 0 saturated heterocycles. The van der Waals surface area contributed by atoms with Crippen LogP contribution in [0.2, 0.25) is 0 Å². The van der Waals surface area contributed by atoms with Crippen LogP contribution in [-0.4, -0.2) is 43.1 Å². The summed E-state index contributed by atoms with van der Waals surface area (Å²) < 4.78 is 10.1. The molecule has 2 amide bonds. The van der Waals surface area contributed by atoms with Crippen LogP contribution < -0.4 is 5.32 Å². The molecule has 4 rings (SSSR count). The van der Waals surface area contributed by atoms with Crippen molar-refractivity contribution >= 4 is 45.1 Å². The molecule has 1 aromatic heterocycles. The lowest BCUT2D eigenvalue weighted by Gasteiger charge is -2.25. The first-order chi connectivity index (χ1) is 15.5. The van der Waals surface area contributed by atoms with Crippen molar-refractivity contribution in [2.75, 3.05) is 25.6 Å². The highest BCUT2D eigenvalue weighted by Crippen LogP contribution is 2.38. The van der Waals surface area contributed by atoms with Gasteiger partial charge in [0.1, 0.15) is 5.00 Å². The number of rotatable bonds is 5. The van der Waals surface area contributed by atoms with Crippen molar-refractivity contribution in [3.8, 4) is 0 Å². The number of nitrogens with zero attached hydrogens (tertiary/aromatic N) is 1. The van der Waals surface area contributed by atoms with E-state index in [2.05, 4.69) is 5.32 Å². The predicted octanol–water partition coefficient (Wildman–Crippen LogP) is 4.38. The molecule has 0 aliphatic carbocycles. The van der Waals surface area contributed by atoms with Gasteiger partial charge in [0.15, 0.2) is 0 Å². The molecule has 2 aromatic carbocycles. The molecule has 1 aliphatic rings. The number of thiophene rings is 1. The fourth-order valence-corrected chi connectivity index (χ4v) is 5.25. The second-order valence-corrected chi connectivity index (χ2v) is 8.54. The van der Waals surface area contributed by atoms with Crippen molar-refractivity contribution in [2.45, 2.75) is 26.3 Å². The number of fused-ring (bicyclic) bond motifs is 2. The van der Waals surface area contributed by atoms with Crippen molar-refractivity contribution in [2.24, 2.45) is 0 Å². The minimum absolute atomic E-state index is 0.181. The van der Waals surface area contributed by atoms with Gasteiger partial charge in [-0.25, -0.2) is 9.59 Å². The van der Waals surface area contributed by atoms with E-state index in [0.717, 1.165) is 26.8 Å². The Morgan fingerprint density at radius 3 is 2.69 bits per heavy atom.